The van der Waals surface area contributed by atoms with Crippen molar-refractivity contribution in [2.24, 2.45) is 0 Å². The van der Waals surface area contributed by atoms with Crippen LogP contribution in [-0.2, 0) is 4.79 Å². The molecule has 5 heteroatoms. The Labute approximate surface area is 152 Å². The molecule has 134 valence electrons. The zero-order valence-electron chi connectivity index (χ0n) is 15.0. The third-order valence-electron chi connectivity index (χ3n) is 4.33. The van der Waals surface area contributed by atoms with Gasteiger partial charge in [0.25, 0.3) is 5.91 Å². The quantitative estimate of drug-likeness (QED) is 0.628. The highest BCUT2D eigenvalue weighted by atomic mass is 16.2. The second kappa shape index (κ2) is 7.87. The second-order valence-corrected chi connectivity index (χ2v) is 6.54. The van der Waals surface area contributed by atoms with Crippen molar-refractivity contribution in [2.45, 2.75) is 26.2 Å². The zero-order valence-corrected chi connectivity index (χ0v) is 15.0. The largest absolute Gasteiger partial charge is 0.360 e. The van der Waals surface area contributed by atoms with Crippen LogP contribution in [0.4, 0.5) is 5.69 Å². The van der Waals surface area contributed by atoms with E-state index in [1.807, 2.05) is 48.5 Å². The summed E-state index contributed by atoms with van der Waals surface area (Å²) in [5, 5.41) is 6.62. The van der Waals surface area contributed by atoms with Gasteiger partial charge in [0.15, 0.2) is 0 Å². The van der Waals surface area contributed by atoms with Gasteiger partial charge in [0.1, 0.15) is 0 Å². The van der Waals surface area contributed by atoms with Crippen LogP contribution in [-0.4, -0.2) is 23.3 Å². The molecule has 0 atom stereocenters. The molecule has 0 unspecified atom stereocenters. The molecule has 0 aliphatic rings. The van der Waals surface area contributed by atoms with Crippen LogP contribution in [0.3, 0.4) is 0 Å². The summed E-state index contributed by atoms with van der Waals surface area (Å²) >= 11 is 0. The van der Waals surface area contributed by atoms with Crippen molar-refractivity contribution < 1.29 is 9.59 Å². The number of carbonyl (C=O) groups excluding carboxylic acids is 2. The molecule has 0 aliphatic heterocycles. The van der Waals surface area contributed by atoms with Crippen molar-refractivity contribution in [1.29, 1.82) is 0 Å². The first-order valence-corrected chi connectivity index (χ1v) is 8.79. The van der Waals surface area contributed by atoms with Gasteiger partial charge in [-0.3, -0.25) is 9.59 Å². The lowest BCUT2D eigenvalue weighted by atomic mass is 10.0. The van der Waals surface area contributed by atoms with Crippen molar-refractivity contribution in [3.63, 3.8) is 0 Å². The maximum absolute atomic E-state index is 12.3. The molecule has 0 spiro atoms. The number of aromatic nitrogens is 1. The van der Waals surface area contributed by atoms with Crippen LogP contribution in [0.1, 0.15) is 42.1 Å². The van der Waals surface area contributed by atoms with E-state index in [4.69, 9.17) is 0 Å². The van der Waals surface area contributed by atoms with Crippen molar-refractivity contribution in [2.75, 3.05) is 11.9 Å². The maximum atomic E-state index is 12.3. The lowest BCUT2D eigenvalue weighted by Crippen LogP contribution is -2.27. The summed E-state index contributed by atoms with van der Waals surface area (Å²) in [7, 11) is 0. The fourth-order valence-electron chi connectivity index (χ4n) is 2.97. The van der Waals surface area contributed by atoms with Crippen LogP contribution >= 0.6 is 0 Å². The van der Waals surface area contributed by atoms with E-state index < -0.39 is 0 Å². The molecule has 0 bridgehead atoms. The van der Waals surface area contributed by atoms with Crippen LogP contribution in [0.5, 0.6) is 0 Å². The number of para-hydroxylation sites is 2. The fourth-order valence-corrected chi connectivity index (χ4v) is 2.97. The Kier molecular flexibility index (Phi) is 5.37. The molecule has 2 aromatic carbocycles. The zero-order chi connectivity index (χ0) is 18.5. The Hall–Kier alpha value is -3.08. The van der Waals surface area contributed by atoms with E-state index in [1.165, 1.54) is 0 Å². The summed E-state index contributed by atoms with van der Waals surface area (Å²) in [5.41, 5.74) is 3.44. The number of benzene rings is 2. The Bertz CT molecular complexity index is 928. The SMILES string of the molecule is CC(C)c1ccccc1NC(=O)CCNC(=O)c1c[nH]c2ccccc12. The summed E-state index contributed by atoms with van der Waals surface area (Å²) in [4.78, 5) is 27.6. The molecule has 3 N–H and O–H groups in total. The van der Waals surface area contributed by atoms with Crippen molar-refractivity contribution in [3.05, 3.63) is 65.9 Å². The molecule has 1 heterocycles. The molecule has 2 amide bonds. The molecule has 1 aromatic heterocycles. The fraction of sp³-hybridized carbons (Fsp3) is 0.238. The van der Waals surface area contributed by atoms with Gasteiger partial charge in [-0.15, -0.1) is 0 Å². The Balaban J connectivity index is 1.55. The second-order valence-electron chi connectivity index (χ2n) is 6.54. The highest BCUT2D eigenvalue weighted by Crippen LogP contribution is 2.23. The summed E-state index contributed by atoms with van der Waals surface area (Å²) in [6.07, 6.45) is 1.92. The molecule has 0 saturated carbocycles. The number of hydrogen-bond donors (Lipinski definition) is 3. The minimum absolute atomic E-state index is 0.114. The lowest BCUT2D eigenvalue weighted by molar-refractivity contribution is -0.116. The number of rotatable bonds is 6. The highest BCUT2D eigenvalue weighted by Gasteiger charge is 2.13. The van der Waals surface area contributed by atoms with E-state index in [9.17, 15) is 9.59 Å². The average molecular weight is 349 g/mol. The number of hydrogen-bond acceptors (Lipinski definition) is 2. The number of anilines is 1. The summed E-state index contributed by atoms with van der Waals surface area (Å²) in [6, 6.07) is 15.4. The number of fused-ring (bicyclic) bond motifs is 1. The van der Waals surface area contributed by atoms with Crippen LogP contribution in [0, 0.1) is 0 Å². The summed E-state index contributed by atoms with van der Waals surface area (Å²) < 4.78 is 0. The monoisotopic (exact) mass is 349 g/mol. The third kappa shape index (κ3) is 3.94. The standard InChI is InChI=1S/C21H23N3O2/c1-14(2)15-7-3-6-10-19(15)24-20(25)11-12-22-21(26)17-13-23-18-9-5-4-8-16(17)18/h3-10,13-14,23H,11-12H2,1-2H3,(H,22,26)(H,24,25). The summed E-state index contributed by atoms with van der Waals surface area (Å²) in [6.45, 7) is 4.47. The van der Waals surface area contributed by atoms with E-state index >= 15 is 0 Å². The van der Waals surface area contributed by atoms with Gasteiger partial charge in [-0.2, -0.15) is 0 Å². The number of amides is 2. The molecule has 0 aliphatic carbocycles. The van der Waals surface area contributed by atoms with Crippen molar-refractivity contribution in [3.8, 4) is 0 Å². The molecule has 26 heavy (non-hydrogen) atoms. The minimum atomic E-state index is -0.183. The topological polar surface area (TPSA) is 74.0 Å². The molecular formula is C21H23N3O2. The van der Waals surface area contributed by atoms with Gasteiger partial charge in [0.2, 0.25) is 5.91 Å². The maximum Gasteiger partial charge on any atom is 0.253 e. The average Bonchev–Trinajstić information content (AvgIpc) is 3.06. The third-order valence-corrected chi connectivity index (χ3v) is 4.33. The first kappa shape index (κ1) is 17.7. The molecule has 0 fully saturated rings. The molecule has 3 aromatic rings. The van der Waals surface area contributed by atoms with E-state index in [2.05, 4.69) is 29.5 Å². The van der Waals surface area contributed by atoms with Gasteiger partial charge in [-0.1, -0.05) is 50.2 Å². The van der Waals surface area contributed by atoms with E-state index in [0.717, 1.165) is 22.2 Å². The van der Waals surface area contributed by atoms with Gasteiger partial charge < -0.3 is 15.6 Å². The minimum Gasteiger partial charge on any atom is -0.360 e. The van der Waals surface area contributed by atoms with E-state index in [0.29, 0.717) is 11.5 Å². The van der Waals surface area contributed by atoms with Gasteiger partial charge in [-0.25, -0.2) is 0 Å². The van der Waals surface area contributed by atoms with Crippen LogP contribution in [0.15, 0.2) is 54.7 Å². The Morgan fingerprint density at radius 1 is 1.04 bits per heavy atom. The molecule has 0 saturated heterocycles. The predicted molar refractivity (Wildman–Crippen MR) is 104 cm³/mol. The number of carbonyl (C=O) groups is 2. The first-order chi connectivity index (χ1) is 12.6. The van der Waals surface area contributed by atoms with Crippen LogP contribution in [0.2, 0.25) is 0 Å². The number of nitrogens with one attached hydrogen (secondary N) is 3. The van der Waals surface area contributed by atoms with Crippen molar-refractivity contribution >= 4 is 28.4 Å². The Morgan fingerprint density at radius 3 is 2.58 bits per heavy atom. The van der Waals surface area contributed by atoms with Crippen molar-refractivity contribution in [1.82, 2.24) is 10.3 Å². The van der Waals surface area contributed by atoms with Gasteiger partial charge in [0, 0.05) is 35.8 Å². The van der Waals surface area contributed by atoms with Gasteiger partial charge in [-0.05, 0) is 23.6 Å². The molecule has 5 nitrogen and oxygen atoms in total. The first-order valence-electron chi connectivity index (χ1n) is 8.79. The molecule has 3 rings (SSSR count). The van der Waals surface area contributed by atoms with Crippen LogP contribution in [0.25, 0.3) is 10.9 Å². The summed E-state index contributed by atoms with van der Waals surface area (Å²) in [5.74, 6) is 0.0308. The number of aromatic amines is 1. The van der Waals surface area contributed by atoms with E-state index in [-0.39, 0.29) is 24.8 Å². The van der Waals surface area contributed by atoms with Gasteiger partial charge >= 0.3 is 0 Å². The van der Waals surface area contributed by atoms with Crippen LogP contribution < -0.4 is 10.6 Å². The molecular weight excluding hydrogens is 326 g/mol. The van der Waals surface area contributed by atoms with E-state index in [1.54, 1.807) is 6.20 Å². The van der Waals surface area contributed by atoms with Gasteiger partial charge in [0.05, 0.1) is 5.56 Å². The lowest BCUT2D eigenvalue weighted by Gasteiger charge is -2.13. The Morgan fingerprint density at radius 2 is 1.77 bits per heavy atom. The molecule has 0 radical (unpaired) electrons. The normalized spacial score (nSPS) is 10.9. The highest BCUT2D eigenvalue weighted by molar-refractivity contribution is 6.06. The number of H-pyrrole nitrogens is 1. The smallest absolute Gasteiger partial charge is 0.253 e. The predicted octanol–water partition coefficient (Wildman–Crippen LogP) is 4.05.